The third-order valence-corrected chi connectivity index (χ3v) is 7.38. The number of carbonyl (C=O) groups is 2. The first kappa shape index (κ1) is 20.1. The second kappa shape index (κ2) is 7.51. The molecule has 1 saturated heterocycles. The lowest BCUT2D eigenvalue weighted by Crippen LogP contribution is -2.37. The predicted octanol–water partition coefficient (Wildman–Crippen LogP) is 4.48. The average molecular weight is 443 g/mol. The summed E-state index contributed by atoms with van der Waals surface area (Å²) in [5.74, 6) is -0.412. The number of aliphatic hydroxyl groups excluding tert-OH is 1. The van der Waals surface area contributed by atoms with Crippen LogP contribution in [0.5, 0.6) is 5.75 Å². The molecule has 1 N–H and O–H groups in total. The Hall–Kier alpha value is -3.54. The van der Waals surface area contributed by atoms with E-state index >= 15 is 0 Å². The normalized spacial score (nSPS) is 22.3. The number of benzene rings is 2. The van der Waals surface area contributed by atoms with Gasteiger partial charge in [0.15, 0.2) is 0 Å². The predicted molar refractivity (Wildman–Crippen MR) is 125 cm³/mol. The van der Waals surface area contributed by atoms with Crippen molar-refractivity contribution in [1.29, 1.82) is 0 Å². The fourth-order valence-corrected chi connectivity index (χ4v) is 5.79. The molecule has 1 aromatic heterocycles. The van der Waals surface area contributed by atoms with Gasteiger partial charge in [0.05, 0.1) is 18.2 Å². The molecule has 0 spiro atoms. The topological polar surface area (TPSA) is 71.8 Å². The van der Waals surface area contributed by atoms with Gasteiger partial charge in [0.2, 0.25) is 0 Å². The molecule has 1 atom stereocenters. The van der Waals surface area contributed by atoms with Crippen molar-refractivity contribution in [2.75, 3.05) is 6.61 Å². The summed E-state index contributed by atoms with van der Waals surface area (Å²) in [5, 5.41) is 12.4. The van der Waals surface area contributed by atoms with E-state index in [9.17, 15) is 14.7 Å². The van der Waals surface area contributed by atoms with Gasteiger partial charge in [-0.05, 0) is 42.7 Å². The van der Waals surface area contributed by atoms with Crippen molar-refractivity contribution in [3.63, 3.8) is 0 Å². The minimum atomic E-state index is -0.608. The van der Waals surface area contributed by atoms with E-state index < -0.39 is 17.7 Å². The van der Waals surface area contributed by atoms with E-state index in [1.807, 2.05) is 54.2 Å². The summed E-state index contributed by atoms with van der Waals surface area (Å²) in [6.07, 6.45) is 6.60. The zero-order valence-corrected chi connectivity index (χ0v) is 18.6. The number of aliphatic hydroxyl groups is 1. The van der Waals surface area contributed by atoms with E-state index in [1.165, 1.54) is 0 Å². The Morgan fingerprint density at radius 3 is 2.70 bits per heavy atom. The van der Waals surface area contributed by atoms with Crippen LogP contribution in [0.1, 0.15) is 48.4 Å². The Balaban J connectivity index is 1.57. The molecule has 3 heterocycles. The fraction of sp³-hybridized carbons (Fsp3) is 0.333. The Morgan fingerprint density at radius 2 is 1.88 bits per heavy atom. The van der Waals surface area contributed by atoms with Gasteiger partial charge in [0.25, 0.3) is 11.7 Å². The minimum absolute atomic E-state index is 0.00383. The summed E-state index contributed by atoms with van der Waals surface area (Å²) < 4.78 is 7.61. The second-order valence-electron chi connectivity index (χ2n) is 9.28. The molecule has 6 rings (SSSR count). The molecule has 3 aromatic rings. The maximum atomic E-state index is 13.4. The molecular weight excluding hydrogens is 416 g/mol. The molecule has 3 aliphatic rings. The van der Waals surface area contributed by atoms with Crippen molar-refractivity contribution in [3.8, 4) is 5.75 Å². The van der Waals surface area contributed by atoms with Crippen LogP contribution in [0.2, 0.25) is 0 Å². The molecule has 1 amide bonds. The zero-order chi connectivity index (χ0) is 22.7. The van der Waals surface area contributed by atoms with Gasteiger partial charge in [-0.2, -0.15) is 0 Å². The van der Waals surface area contributed by atoms with Crippen LogP contribution in [0.25, 0.3) is 16.7 Å². The molecule has 33 heavy (non-hydrogen) atoms. The number of para-hydroxylation sites is 1. The van der Waals surface area contributed by atoms with Crippen LogP contribution in [-0.2, 0) is 23.1 Å². The van der Waals surface area contributed by atoms with E-state index in [0.29, 0.717) is 12.2 Å². The van der Waals surface area contributed by atoms with E-state index in [1.54, 1.807) is 11.0 Å². The molecule has 1 saturated carbocycles. The summed E-state index contributed by atoms with van der Waals surface area (Å²) >= 11 is 0. The molecule has 1 unspecified atom stereocenters. The van der Waals surface area contributed by atoms with Crippen molar-refractivity contribution in [1.82, 2.24) is 9.47 Å². The standard InChI is InChI=1S/C27H26N2O4/c1-28-15-20(19-8-4-5-9-21(19)28)24-23(26(31)27(32)29(24)18-6-2-3-7-18)25(30)17-10-11-22-16(14-17)12-13-33-22/h4-5,8-11,14-15,18,24,30H,2-3,6-7,12-13H2,1H3/b25-23+. The third kappa shape index (κ3) is 3.00. The molecule has 6 heteroatoms. The summed E-state index contributed by atoms with van der Waals surface area (Å²) in [4.78, 5) is 28.5. The summed E-state index contributed by atoms with van der Waals surface area (Å²) in [7, 11) is 1.97. The molecule has 2 aromatic carbocycles. The molecule has 168 valence electrons. The highest BCUT2D eigenvalue weighted by atomic mass is 16.5. The lowest BCUT2D eigenvalue weighted by atomic mass is 9.93. The van der Waals surface area contributed by atoms with Crippen molar-refractivity contribution in [2.45, 2.75) is 44.2 Å². The Kier molecular flexibility index (Phi) is 4.57. The van der Waals surface area contributed by atoms with Gasteiger partial charge >= 0.3 is 0 Å². The number of nitrogens with zero attached hydrogens (tertiary/aromatic N) is 2. The number of ketones is 1. The van der Waals surface area contributed by atoms with Crippen molar-refractivity contribution >= 4 is 28.4 Å². The number of amides is 1. The number of rotatable bonds is 3. The highest BCUT2D eigenvalue weighted by Crippen LogP contribution is 2.46. The van der Waals surface area contributed by atoms with E-state index in [4.69, 9.17) is 4.74 Å². The highest BCUT2D eigenvalue weighted by Gasteiger charge is 2.50. The van der Waals surface area contributed by atoms with Gasteiger partial charge in [-0.15, -0.1) is 0 Å². The number of likely N-dealkylation sites (tertiary alicyclic amines) is 1. The molecule has 2 fully saturated rings. The zero-order valence-electron chi connectivity index (χ0n) is 18.6. The van der Waals surface area contributed by atoms with Crippen molar-refractivity contribution in [3.05, 3.63) is 70.9 Å². The van der Waals surface area contributed by atoms with Crippen LogP contribution in [-0.4, -0.2) is 38.9 Å². The van der Waals surface area contributed by atoms with Crippen LogP contribution >= 0.6 is 0 Å². The quantitative estimate of drug-likeness (QED) is 0.369. The second-order valence-corrected chi connectivity index (χ2v) is 9.28. The van der Waals surface area contributed by atoms with Crippen LogP contribution < -0.4 is 4.74 Å². The first-order valence-electron chi connectivity index (χ1n) is 11.6. The monoisotopic (exact) mass is 442 g/mol. The van der Waals surface area contributed by atoms with E-state index in [-0.39, 0.29) is 17.4 Å². The molecule has 6 nitrogen and oxygen atoms in total. The maximum absolute atomic E-state index is 13.4. The first-order chi connectivity index (χ1) is 16.0. The van der Waals surface area contributed by atoms with Gasteiger partial charge < -0.3 is 19.3 Å². The SMILES string of the molecule is Cn1cc(C2/C(=C(\O)c3ccc4c(c3)CCO4)C(=O)C(=O)N2C2CCCC2)c2ccccc21. The van der Waals surface area contributed by atoms with Gasteiger partial charge in [-0.1, -0.05) is 31.0 Å². The molecular formula is C27H26N2O4. The Labute approximate surface area is 192 Å². The number of hydrogen-bond acceptors (Lipinski definition) is 4. The number of carbonyl (C=O) groups excluding carboxylic acids is 2. The lowest BCUT2D eigenvalue weighted by Gasteiger charge is -2.30. The van der Waals surface area contributed by atoms with E-state index in [2.05, 4.69) is 0 Å². The maximum Gasteiger partial charge on any atom is 0.295 e. The summed E-state index contributed by atoms with van der Waals surface area (Å²) in [5.41, 5.74) is 3.64. The number of Topliss-reactive ketones (excluding diaryl/α,β-unsaturated/α-hetero) is 1. The average Bonchev–Trinajstić information content (AvgIpc) is 3.61. The van der Waals surface area contributed by atoms with Gasteiger partial charge in [0, 0.05) is 47.7 Å². The van der Waals surface area contributed by atoms with Gasteiger partial charge in [-0.25, -0.2) is 0 Å². The van der Waals surface area contributed by atoms with Crippen LogP contribution in [0.15, 0.2) is 54.2 Å². The lowest BCUT2D eigenvalue weighted by molar-refractivity contribution is -0.141. The van der Waals surface area contributed by atoms with Crippen LogP contribution in [0.3, 0.4) is 0 Å². The number of ether oxygens (including phenoxy) is 1. The Morgan fingerprint density at radius 1 is 1.09 bits per heavy atom. The third-order valence-electron chi connectivity index (χ3n) is 7.38. The summed E-state index contributed by atoms with van der Waals surface area (Å²) in [6.45, 7) is 0.613. The minimum Gasteiger partial charge on any atom is -0.507 e. The molecule has 1 aliphatic carbocycles. The number of aromatic nitrogens is 1. The summed E-state index contributed by atoms with van der Waals surface area (Å²) in [6, 6.07) is 12.9. The Bertz CT molecular complexity index is 1330. The largest absolute Gasteiger partial charge is 0.507 e. The molecule has 2 aliphatic heterocycles. The smallest absolute Gasteiger partial charge is 0.295 e. The molecule has 0 bridgehead atoms. The molecule has 0 radical (unpaired) electrons. The van der Waals surface area contributed by atoms with Gasteiger partial charge in [0.1, 0.15) is 11.5 Å². The number of fused-ring (bicyclic) bond motifs is 2. The van der Waals surface area contributed by atoms with Crippen molar-refractivity contribution < 1.29 is 19.4 Å². The van der Waals surface area contributed by atoms with Crippen molar-refractivity contribution in [2.24, 2.45) is 7.05 Å². The van der Waals surface area contributed by atoms with Crippen LogP contribution in [0, 0.1) is 0 Å². The van der Waals surface area contributed by atoms with Crippen LogP contribution in [0.4, 0.5) is 0 Å². The number of aryl methyl sites for hydroxylation is 1. The fourth-order valence-electron chi connectivity index (χ4n) is 5.79. The van der Waals surface area contributed by atoms with E-state index in [0.717, 1.165) is 59.9 Å². The first-order valence-corrected chi connectivity index (χ1v) is 11.6. The highest BCUT2D eigenvalue weighted by molar-refractivity contribution is 6.46. The van der Waals surface area contributed by atoms with Gasteiger partial charge in [-0.3, -0.25) is 9.59 Å². The number of hydrogen-bond donors (Lipinski definition) is 1.